The summed E-state index contributed by atoms with van der Waals surface area (Å²) in [6.45, 7) is 0. The molecule has 0 radical (unpaired) electrons. The van der Waals surface area contributed by atoms with Gasteiger partial charge in [0.2, 0.25) is 0 Å². The van der Waals surface area contributed by atoms with E-state index in [0.717, 1.165) is 30.4 Å². The second kappa shape index (κ2) is 3.46. The summed E-state index contributed by atoms with van der Waals surface area (Å²) < 4.78 is 0. The largest absolute Gasteiger partial charge is 0.411 e. The normalized spacial score (nSPS) is 39.5. The third kappa shape index (κ3) is 1.47. The van der Waals surface area contributed by atoms with Crippen LogP contribution in [0.3, 0.4) is 0 Å². The Morgan fingerprint density at radius 2 is 1.83 bits per heavy atom. The third-order valence-corrected chi connectivity index (χ3v) is 3.51. The zero-order valence-electron chi connectivity index (χ0n) is 7.50. The summed E-state index contributed by atoms with van der Waals surface area (Å²) in [4.78, 5) is 0. The number of rotatable bonds is 0. The smallest absolute Gasteiger partial charge is 0.0573 e. The van der Waals surface area contributed by atoms with E-state index in [-0.39, 0.29) is 0 Å². The van der Waals surface area contributed by atoms with Crippen LogP contribution in [0, 0.1) is 11.8 Å². The highest BCUT2D eigenvalue weighted by Gasteiger charge is 2.30. The minimum absolute atomic E-state index is 0.846. The topological polar surface area (TPSA) is 32.6 Å². The molecule has 12 heavy (non-hydrogen) atoms. The van der Waals surface area contributed by atoms with Gasteiger partial charge in [-0.2, -0.15) is 0 Å². The zero-order valence-corrected chi connectivity index (χ0v) is 7.50. The van der Waals surface area contributed by atoms with E-state index in [2.05, 4.69) is 5.16 Å². The molecule has 0 aromatic heterocycles. The molecular weight excluding hydrogens is 150 g/mol. The molecule has 0 bridgehead atoms. The van der Waals surface area contributed by atoms with Crippen LogP contribution in [0.1, 0.15) is 44.9 Å². The first kappa shape index (κ1) is 8.09. The van der Waals surface area contributed by atoms with Crippen molar-refractivity contribution in [2.24, 2.45) is 17.0 Å². The molecule has 0 amide bonds. The van der Waals surface area contributed by atoms with Crippen molar-refractivity contribution in [3.05, 3.63) is 0 Å². The summed E-state index contributed by atoms with van der Waals surface area (Å²) in [5.41, 5.74) is 1.04. The predicted molar refractivity (Wildman–Crippen MR) is 48.5 cm³/mol. The maximum absolute atomic E-state index is 8.67. The number of hydrogen-bond acceptors (Lipinski definition) is 2. The van der Waals surface area contributed by atoms with E-state index in [0.29, 0.717) is 0 Å². The fourth-order valence-electron chi connectivity index (χ4n) is 2.78. The van der Waals surface area contributed by atoms with Crippen molar-refractivity contribution in [2.45, 2.75) is 44.9 Å². The molecule has 2 aliphatic rings. The Morgan fingerprint density at radius 3 is 2.58 bits per heavy atom. The number of nitrogens with zero attached hydrogens (tertiary/aromatic N) is 1. The lowest BCUT2D eigenvalue weighted by atomic mass is 9.70. The highest BCUT2D eigenvalue weighted by molar-refractivity contribution is 5.84. The van der Waals surface area contributed by atoms with Gasteiger partial charge in [-0.15, -0.1) is 0 Å². The number of hydrogen-bond donors (Lipinski definition) is 1. The molecule has 2 fully saturated rings. The van der Waals surface area contributed by atoms with Gasteiger partial charge in [0, 0.05) is 0 Å². The van der Waals surface area contributed by atoms with Crippen molar-refractivity contribution in [1.29, 1.82) is 0 Å². The lowest BCUT2D eigenvalue weighted by Gasteiger charge is -2.35. The van der Waals surface area contributed by atoms with Gasteiger partial charge in [0.25, 0.3) is 0 Å². The van der Waals surface area contributed by atoms with E-state index in [1.807, 2.05) is 0 Å². The molecule has 0 heterocycles. The fraction of sp³-hybridized carbons (Fsp3) is 0.900. The van der Waals surface area contributed by atoms with Crippen LogP contribution >= 0.6 is 0 Å². The Hall–Kier alpha value is -0.530. The van der Waals surface area contributed by atoms with Gasteiger partial charge < -0.3 is 5.21 Å². The molecule has 0 aromatic carbocycles. The molecule has 2 heteroatoms. The van der Waals surface area contributed by atoms with Crippen LogP contribution in [0.25, 0.3) is 0 Å². The maximum atomic E-state index is 8.67. The van der Waals surface area contributed by atoms with Gasteiger partial charge in [-0.1, -0.05) is 24.4 Å². The molecule has 0 aliphatic heterocycles. The fourth-order valence-corrected chi connectivity index (χ4v) is 2.78. The Kier molecular flexibility index (Phi) is 2.33. The Labute approximate surface area is 73.7 Å². The minimum Gasteiger partial charge on any atom is -0.411 e. The van der Waals surface area contributed by atoms with Gasteiger partial charge in [0.1, 0.15) is 0 Å². The molecule has 2 saturated carbocycles. The molecule has 0 unspecified atom stereocenters. The van der Waals surface area contributed by atoms with Gasteiger partial charge in [-0.3, -0.25) is 0 Å². The molecule has 68 valence electrons. The molecule has 2 atom stereocenters. The standard InChI is InChI=1S/C10H17NO/c12-11-10-6-5-8-3-1-2-4-9(8)7-10/h8-9,12H,1-7H2/b11-10+/t8-,9-/m0/s1. The van der Waals surface area contributed by atoms with Crippen LogP contribution in [-0.4, -0.2) is 10.9 Å². The van der Waals surface area contributed by atoms with Gasteiger partial charge in [0.05, 0.1) is 5.71 Å². The van der Waals surface area contributed by atoms with E-state index in [1.165, 1.54) is 32.1 Å². The van der Waals surface area contributed by atoms with E-state index < -0.39 is 0 Å². The summed E-state index contributed by atoms with van der Waals surface area (Å²) in [7, 11) is 0. The highest BCUT2D eigenvalue weighted by atomic mass is 16.4. The second-order valence-corrected chi connectivity index (χ2v) is 4.21. The van der Waals surface area contributed by atoms with Crippen molar-refractivity contribution in [3.63, 3.8) is 0 Å². The Balaban J connectivity index is 1.98. The van der Waals surface area contributed by atoms with Crippen LogP contribution < -0.4 is 0 Å². The van der Waals surface area contributed by atoms with Crippen LogP contribution in [0.5, 0.6) is 0 Å². The molecular formula is C10H17NO. The van der Waals surface area contributed by atoms with Gasteiger partial charge in [-0.25, -0.2) is 0 Å². The monoisotopic (exact) mass is 167 g/mol. The molecule has 2 nitrogen and oxygen atoms in total. The lowest BCUT2D eigenvalue weighted by molar-refractivity contribution is 0.212. The molecule has 0 saturated heterocycles. The lowest BCUT2D eigenvalue weighted by Crippen LogP contribution is -2.27. The first-order valence-corrected chi connectivity index (χ1v) is 5.10. The van der Waals surface area contributed by atoms with Gasteiger partial charge >= 0.3 is 0 Å². The first-order valence-electron chi connectivity index (χ1n) is 5.10. The average Bonchev–Trinajstić information content (AvgIpc) is 2.17. The number of fused-ring (bicyclic) bond motifs is 1. The van der Waals surface area contributed by atoms with E-state index >= 15 is 0 Å². The third-order valence-electron chi connectivity index (χ3n) is 3.51. The van der Waals surface area contributed by atoms with Crippen molar-refractivity contribution in [1.82, 2.24) is 0 Å². The highest BCUT2D eigenvalue weighted by Crippen LogP contribution is 2.39. The van der Waals surface area contributed by atoms with Crippen LogP contribution in [-0.2, 0) is 0 Å². The minimum atomic E-state index is 0.846. The first-order chi connectivity index (χ1) is 5.90. The quantitative estimate of drug-likeness (QED) is 0.436. The molecule has 0 spiro atoms. The van der Waals surface area contributed by atoms with E-state index in [9.17, 15) is 0 Å². The summed E-state index contributed by atoms with van der Waals surface area (Å²) in [5.74, 6) is 1.79. The summed E-state index contributed by atoms with van der Waals surface area (Å²) in [5, 5.41) is 12.0. The van der Waals surface area contributed by atoms with Gasteiger partial charge in [0.15, 0.2) is 0 Å². The summed E-state index contributed by atoms with van der Waals surface area (Å²) in [6, 6.07) is 0. The second-order valence-electron chi connectivity index (χ2n) is 4.21. The molecule has 0 aromatic rings. The van der Waals surface area contributed by atoms with Gasteiger partial charge in [-0.05, 0) is 37.5 Å². The summed E-state index contributed by atoms with van der Waals surface area (Å²) >= 11 is 0. The van der Waals surface area contributed by atoms with Crippen molar-refractivity contribution < 1.29 is 5.21 Å². The van der Waals surface area contributed by atoms with E-state index in [1.54, 1.807) is 0 Å². The predicted octanol–water partition coefficient (Wildman–Crippen LogP) is 2.81. The Morgan fingerprint density at radius 1 is 1.08 bits per heavy atom. The average molecular weight is 167 g/mol. The van der Waals surface area contributed by atoms with Crippen molar-refractivity contribution >= 4 is 5.71 Å². The van der Waals surface area contributed by atoms with Crippen molar-refractivity contribution in [2.75, 3.05) is 0 Å². The van der Waals surface area contributed by atoms with Crippen LogP contribution in [0.4, 0.5) is 0 Å². The SMILES string of the molecule is O/N=C1\CC[C@@H]2CCCC[C@H]2C1. The maximum Gasteiger partial charge on any atom is 0.0573 e. The number of oxime groups is 1. The Bertz CT molecular complexity index is 188. The van der Waals surface area contributed by atoms with Crippen molar-refractivity contribution in [3.8, 4) is 0 Å². The zero-order chi connectivity index (χ0) is 8.39. The molecule has 1 N–H and O–H groups in total. The van der Waals surface area contributed by atoms with Crippen LogP contribution in [0.15, 0.2) is 5.16 Å². The van der Waals surface area contributed by atoms with E-state index in [4.69, 9.17) is 5.21 Å². The molecule has 2 rings (SSSR count). The molecule has 2 aliphatic carbocycles. The summed E-state index contributed by atoms with van der Waals surface area (Å²) in [6.07, 6.45) is 8.97. The van der Waals surface area contributed by atoms with Crippen LogP contribution in [0.2, 0.25) is 0 Å².